The molecule has 1 N–H and O–H groups in total. The van der Waals surface area contributed by atoms with Gasteiger partial charge in [0.2, 0.25) is 5.91 Å². The van der Waals surface area contributed by atoms with E-state index in [1.165, 1.54) is 23.1 Å². The van der Waals surface area contributed by atoms with Crippen LogP contribution in [0.2, 0.25) is 0 Å². The third kappa shape index (κ3) is 5.41. The number of Topliss-reactive ketones (excluding diaryl/α,β-unsaturated/α-hetero) is 1. The normalized spacial score (nSPS) is 17.5. The SMILES string of the molecule is O=C(CC1CCC(=O)N(Cc2ccccc2C(F)(F)F)C1)c1cc(C(F)(F)F)ccc1O. The van der Waals surface area contributed by atoms with Crippen LogP contribution in [0.5, 0.6) is 5.75 Å². The lowest BCUT2D eigenvalue weighted by Gasteiger charge is -2.33. The zero-order chi connectivity index (χ0) is 23.7. The van der Waals surface area contributed by atoms with Crippen molar-refractivity contribution >= 4 is 11.7 Å². The van der Waals surface area contributed by atoms with Gasteiger partial charge in [-0.1, -0.05) is 18.2 Å². The number of alkyl halides is 6. The van der Waals surface area contributed by atoms with E-state index in [0.717, 1.165) is 12.1 Å². The van der Waals surface area contributed by atoms with Crippen LogP contribution < -0.4 is 0 Å². The topological polar surface area (TPSA) is 57.6 Å². The molecule has 172 valence electrons. The molecule has 1 heterocycles. The van der Waals surface area contributed by atoms with Gasteiger partial charge in [-0.15, -0.1) is 0 Å². The third-order valence-corrected chi connectivity index (χ3v) is 5.38. The first-order valence-electron chi connectivity index (χ1n) is 9.72. The van der Waals surface area contributed by atoms with Gasteiger partial charge in [-0.25, -0.2) is 0 Å². The fourth-order valence-corrected chi connectivity index (χ4v) is 3.76. The number of aromatic hydroxyl groups is 1. The van der Waals surface area contributed by atoms with Crippen molar-refractivity contribution in [3.63, 3.8) is 0 Å². The monoisotopic (exact) mass is 459 g/mol. The van der Waals surface area contributed by atoms with Crippen molar-refractivity contribution in [2.24, 2.45) is 5.92 Å². The Labute approximate surface area is 179 Å². The van der Waals surface area contributed by atoms with Gasteiger partial charge in [0.25, 0.3) is 0 Å². The maximum Gasteiger partial charge on any atom is 0.416 e. The van der Waals surface area contributed by atoms with E-state index in [-0.39, 0.29) is 43.8 Å². The minimum atomic E-state index is -4.69. The highest BCUT2D eigenvalue weighted by Gasteiger charge is 2.35. The maximum absolute atomic E-state index is 13.2. The average molecular weight is 459 g/mol. The number of likely N-dealkylation sites (tertiary alicyclic amines) is 1. The fraction of sp³-hybridized carbons (Fsp3) is 0.364. The molecule has 0 bridgehead atoms. The number of phenolic OH excluding ortho intramolecular Hbond substituents is 1. The molecule has 10 heteroatoms. The van der Waals surface area contributed by atoms with E-state index in [4.69, 9.17) is 0 Å². The number of hydrogen-bond acceptors (Lipinski definition) is 3. The van der Waals surface area contributed by atoms with Crippen LogP contribution in [-0.2, 0) is 23.7 Å². The van der Waals surface area contributed by atoms with Crippen molar-refractivity contribution < 1.29 is 41.0 Å². The molecule has 1 saturated heterocycles. The van der Waals surface area contributed by atoms with Crippen molar-refractivity contribution in [1.29, 1.82) is 0 Å². The summed E-state index contributed by atoms with van der Waals surface area (Å²) in [6.07, 6.45) is -9.27. The van der Waals surface area contributed by atoms with Gasteiger partial charge in [0.05, 0.1) is 16.7 Å². The third-order valence-electron chi connectivity index (χ3n) is 5.38. The van der Waals surface area contributed by atoms with Crippen LogP contribution in [0, 0.1) is 5.92 Å². The molecule has 3 rings (SSSR count). The number of amides is 1. The molecule has 1 aliphatic heterocycles. The lowest BCUT2D eigenvalue weighted by atomic mass is 9.89. The van der Waals surface area contributed by atoms with E-state index >= 15 is 0 Å². The summed E-state index contributed by atoms with van der Waals surface area (Å²) in [5.74, 6) is -2.16. The molecule has 0 saturated carbocycles. The molecule has 32 heavy (non-hydrogen) atoms. The number of halogens is 6. The zero-order valence-corrected chi connectivity index (χ0v) is 16.6. The van der Waals surface area contributed by atoms with Crippen molar-refractivity contribution in [3.8, 4) is 5.75 Å². The first-order valence-corrected chi connectivity index (χ1v) is 9.72. The van der Waals surface area contributed by atoms with E-state index in [1.807, 2.05) is 0 Å². The van der Waals surface area contributed by atoms with Gasteiger partial charge in [0.1, 0.15) is 5.75 Å². The molecule has 0 spiro atoms. The van der Waals surface area contributed by atoms with Gasteiger partial charge >= 0.3 is 12.4 Å². The van der Waals surface area contributed by atoms with Crippen LogP contribution >= 0.6 is 0 Å². The van der Waals surface area contributed by atoms with E-state index < -0.39 is 46.5 Å². The highest BCUT2D eigenvalue weighted by atomic mass is 19.4. The highest BCUT2D eigenvalue weighted by Crippen LogP contribution is 2.35. The van der Waals surface area contributed by atoms with Gasteiger partial charge in [-0.05, 0) is 42.2 Å². The number of carbonyl (C=O) groups is 2. The van der Waals surface area contributed by atoms with Crippen LogP contribution in [0.3, 0.4) is 0 Å². The molecule has 2 aromatic rings. The molecule has 2 aromatic carbocycles. The largest absolute Gasteiger partial charge is 0.507 e. The first-order chi connectivity index (χ1) is 14.9. The summed E-state index contributed by atoms with van der Waals surface area (Å²) in [4.78, 5) is 26.1. The Bertz CT molecular complexity index is 1020. The summed E-state index contributed by atoms with van der Waals surface area (Å²) in [6.45, 7) is -0.315. The van der Waals surface area contributed by atoms with E-state index in [2.05, 4.69) is 0 Å². The van der Waals surface area contributed by atoms with E-state index in [1.54, 1.807) is 0 Å². The van der Waals surface area contributed by atoms with Crippen molar-refractivity contribution in [1.82, 2.24) is 4.90 Å². The maximum atomic E-state index is 13.2. The second-order valence-electron chi connectivity index (χ2n) is 7.69. The Morgan fingerprint density at radius 2 is 1.72 bits per heavy atom. The molecule has 4 nitrogen and oxygen atoms in total. The number of phenols is 1. The predicted octanol–water partition coefficient (Wildman–Crippen LogP) is 5.44. The van der Waals surface area contributed by atoms with E-state index in [0.29, 0.717) is 12.1 Å². The first kappa shape index (κ1) is 23.6. The Kier molecular flexibility index (Phi) is 6.52. The Morgan fingerprint density at radius 3 is 2.38 bits per heavy atom. The quantitative estimate of drug-likeness (QED) is 0.479. The van der Waals surface area contributed by atoms with Gasteiger partial charge < -0.3 is 10.0 Å². The number of hydrogen-bond donors (Lipinski definition) is 1. The van der Waals surface area contributed by atoms with E-state index in [9.17, 15) is 41.0 Å². The molecule has 1 fully saturated rings. The lowest BCUT2D eigenvalue weighted by molar-refractivity contribution is -0.141. The standard InChI is InChI=1S/C22H19F6NO3/c23-21(24,25)15-6-7-18(30)16(10-15)19(31)9-13-5-8-20(32)29(11-13)12-14-3-1-2-4-17(14)22(26,27)28/h1-4,6-7,10,13,30H,5,8-9,11-12H2. The number of nitrogens with zero attached hydrogens (tertiary/aromatic N) is 1. The zero-order valence-electron chi connectivity index (χ0n) is 16.6. The number of ketones is 1. The average Bonchev–Trinajstić information content (AvgIpc) is 2.69. The van der Waals surface area contributed by atoms with Crippen LogP contribution in [0.4, 0.5) is 26.3 Å². The smallest absolute Gasteiger partial charge is 0.416 e. The summed E-state index contributed by atoms with van der Waals surface area (Å²) in [7, 11) is 0. The Hall–Kier alpha value is -3.04. The fourth-order valence-electron chi connectivity index (χ4n) is 3.76. The number of piperidine rings is 1. The molecule has 1 atom stereocenters. The lowest BCUT2D eigenvalue weighted by Crippen LogP contribution is -2.40. The van der Waals surface area contributed by atoms with Crippen molar-refractivity contribution in [2.45, 2.75) is 38.2 Å². The number of carbonyl (C=O) groups excluding carboxylic acids is 2. The summed E-state index contributed by atoms with van der Waals surface area (Å²) in [5, 5.41) is 9.84. The summed E-state index contributed by atoms with van der Waals surface area (Å²) in [6, 6.07) is 6.88. The molecule has 1 aliphatic rings. The van der Waals surface area contributed by atoms with Gasteiger partial charge in [-0.3, -0.25) is 9.59 Å². The molecule has 1 amide bonds. The minimum Gasteiger partial charge on any atom is -0.507 e. The van der Waals surface area contributed by atoms with Crippen molar-refractivity contribution in [3.05, 3.63) is 64.7 Å². The van der Waals surface area contributed by atoms with Crippen molar-refractivity contribution in [2.75, 3.05) is 6.54 Å². The molecular weight excluding hydrogens is 440 g/mol. The predicted molar refractivity (Wildman–Crippen MR) is 102 cm³/mol. The number of rotatable bonds is 5. The van der Waals surface area contributed by atoms with Crippen LogP contribution in [0.1, 0.15) is 46.3 Å². The summed E-state index contributed by atoms with van der Waals surface area (Å²) in [5.41, 5.74) is -2.51. The van der Waals surface area contributed by atoms with Gasteiger partial charge in [0.15, 0.2) is 5.78 Å². The van der Waals surface area contributed by atoms with Crippen LogP contribution in [-0.4, -0.2) is 28.2 Å². The number of benzene rings is 2. The minimum absolute atomic E-state index is 0.000699. The highest BCUT2D eigenvalue weighted by molar-refractivity contribution is 5.99. The molecule has 0 aromatic heterocycles. The van der Waals surface area contributed by atoms with Crippen LogP contribution in [0.15, 0.2) is 42.5 Å². The molecule has 0 radical (unpaired) electrons. The summed E-state index contributed by atoms with van der Waals surface area (Å²) < 4.78 is 78.5. The van der Waals surface area contributed by atoms with Gasteiger partial charge in [0, 0.05) is 25.9 Å². The Balaban J connectivity index is 1.74. The van der Waals surface area contributed by atoms with Crippen LogP contribution in [0.25, 0.3) is 0 Å². The second kappa shape index (κ2) is 8.84. The van der Waals surface area contributed by atoms with Gasteiger partial charge in [-0.2, -0.15) is 26.3 Å². The molecular formula is C22H19F6NO3. The second-order valence-corrected chi connectivity index (χ2v) is 7.69. The molecule has 1 unspecified atom stereocenters. The molecule has 0 aliphatic carbocycles. The Morgan fingerprint density at radius 1 is 1.03 bits per heavy atom. The summed E-state index contributed by atoms with van der Waals surface area (Å²) >= 11 is 0.